The Morgan fingerprint density at radius 2 is 2.05 bits per heavy atom. The number of aromatic nitrogens is 1. The summed E-state index contributed by atoms with van der Waals surface area (Å²) < 4.78 is 13.7. The van der Waals surface area contributed by atoms with Gasteiger partial charge in [0.25, 0.3) is 0 Å². The summed E-state index contributed by atoms with van der Waals surface area (Å²) in [6.07, 6.45) is 1.54. The first-order valence-corrected chi connectivity index (χ1v) is 7.43. The number of nitrogens with zero attached hydrogens (tertiary/aromatic N) is 2. The summed E-state index contributed by atoms with van der Waals surface area (Å²) in [5, 5.41) is 14.1. The van der Waals surface area contributed by atoms with E-state index in [1.807, 2.05) is 20.8 Å². The molecule has 0 saturated heterocycles. The summed E-state index contributed by atoms with van der Waals surface area (Å²) in [6.45, 7) is 5.56. The monoisotopic (exact) mass is 366 g/mol. The van der Waals surface area contributed by atoms with Crippen molar-refractivity contribution in [1.29, 1.82) is 0 Å². The molecular weight excluding hydrogens is 351 g/mol. The van der Waals surface area contributed by atoms with E-state index in [1.54, 1.807) is 24.4 Å². The lowest BCUT2D eigenvalue weighted by atomic mass is 10.1. The number of aromatic hydroxyl groups is 1. The van der Waals surface area contributed by atoms with Crippen LogP contribution in [0.25, 0.3) is 0 Å². The molecule has 0 aliphatic carbocycles. The second-order valence-corrected chi connectivity index (χ2v) is 6.50. The topological polar surface area (TPSA) is 54.7 Å². The minimum absolute atomic E-state index is 0.0285. The first-order valence-electron chi connectivity index (χ1n) is 6.64. The Labute approximate surface area is 136 Å². The van der Waals surface area contributed by atoms with E-state index in [0.29, 0.717) is 15.7 Å². The molecule has 4 nitrogen and oxygen atoms in total. The molecule has 22 heavy (non-hydrogen) atoms. The number of hydrogen-bond acceptors (Lipinski definition) is 4. The van der Waals surface area contributed by atoms with Gasteiger partial charge in [-0.15, -0.1) is 0 Å². The van der Waals surface area contributed by atoms with E-state index in [-0.39, 0.29) is 17.3 Å². The van der Waals surface area contributed by atoms with Gasteiger partial charge < -0.3 is 9.94 Å². The number of halogens is 2. The van der Waals surface area contributed by atoms with Crippen LogP contribution >= 0.6 is 15.9 Å². The van der Waals surface area contributed by atoms with Gasteiger partial charge in [0.1, 0.15) is 28.6 Å². The Morgan fingerprint density at radius 1 is 1.32 bits per heavy atom. The highest BCUT2D eigenvalue weighted by Gasteiger charge is 2.18. The summed E-state index contributed by atoms with van der Waals surface area (Å²) in [5.74, 6) is -0.413. The molecule has 2 rings (SSSR count). The van der Waals surface area contributed by atoms with Crippen LogP contribution < -0.4 is 0 Å². The van der Waals surface area contributed by atoms with Crippen molar-refractivity contribution < 1.29 is 14.3 Å². The molecule has 116 valence electrons. The van der Waals surface area contributed by atoms with E-state index < -0.39 is 5.60 Å². The Bertz CT molecular complexity index is 712. The zero-order valence-corrected chi connectivity index (χ0v) is 14.1. The van der Waals surface area contributed by atoms with Crippen LogP contribution in [0.4, 0.5) is 4.39 Å². The summed E-state index contributed by atoms with van der Waals surface area (Å²) in [6, 6.07) is 7.55. The third kappa shape index (κ3) is 4.04. The van der Waals surface area contributed by atoms with Crippen molar-refractivity contribution in [3.8, 4) is 5.75 Å². The molecule has 0 aliphatic heterocycles. The second kappa shape index (κ2) is 6.44. The van der Waals surface area contributed by atoms with Crippen molar-refractivity contribution in [3.63, 3.8) is 0 Å². The zero-order chi connectivity index (χ0) is 16.3. The minimum atomic E-state index is -0.507. The fourth-order valence-electron chi connectivity index (χ4n) is 1.64. The third-order valence-corrected chi connectivity index (χ3v) is 3.22. The number of hydrogen-bond donors (Lipinski definition) is 1. The Kier molecular flexibility index (Phi) is 4.81. The van der Waals surface area contributed by atoms with Gasteiger partial charge in [-0.3, -0.25) is 4.98 Å². The van der Waals surface area contributed by atoms with Crippen molar-refractivity contribution >= 4 is 21.6 Å². The van der Waals surface area contributed by atoms with Crippen molar-refractivity contribution in [2.45, 2.75) is 26.4 Å². The molecule has 0 amide bonds. The molecule has 0 spiro atoms. The number of pyridine rings is 1. The van der Waals surface area contributed by atoms with Gasteiger partial charge >= 0.3 is 0 Å². The molecule has 6 heteroatoms. The van der Waals surface area contributed by atoms with Crippen LogP contribution in [-0.4, -0.2) is 21.4 Å². The van der Waals surface area contributed by atoms with Crippen LogP contribution in [0.3, 0.4) is 0 Å². The Balaban J connectivity index is 2.55. The molecule has 1 aromatic heterocycles. The third-order valence-electron chi connectivity index (χ3n) is 2.61. The van der Waals surface area contributed by atoms with Crippen LogP contribution in [0.2, 0.25) is 0 Å². The lowest BCUT2D eigenvalue weighted by molar-refractivity contribution is 0.00111. The van der Waals surface area contributed by atoms with Crippen LogP contribution in [0, 0.1) is 5.82 Å². The van der Waals surface area contributed by atoms with E-state index in [9.17, 15) is 9.50 Å². The molecule has 0 unspecified atom stereocenters. The van der Waals surface area contributed by atoms with E-state index in [1.165, 1.54) is 12.1 Å². The van der Waals surface area contributed by atoms with Gasteiger partial charge in [0.15, 0.2) is 0 Å². The average Bonchev–Trinajstić information content (AvgIpc) is 2.43. The highest BCUT2D eigenvalue weighted by atomic mass is 79.9. The maximum absolute atomic E-state index is 13.4. The van der Waals surface area contributed by atoms with E-state index in [2.05, 4.69) is 26.1 Å². The highest BCUT2D eigenvalue weighted by Crippen LogP contribution is 2.23. The van der Waals surface area contributed by atoms with E-state index in [4.69, 9.17) is 4.84 Å². The van der Waals surface area contributed by atoms with Gasteiger partial charge in [0.2, 0.25) is 0 Å². The van der Waals surface area contributed by atoms with E-state index in [0.717, 1.165) is 0 Å². The van der Waals surface area contributed by atoms with Crippen LogP contribution in [-0.2, 0) is 4.84 Å². The first-order chi connectivity index (χ1) is 10.3. The predicted octanol–water partition coefficient (Wildman–Crippen LogP) is 4.26. The molecular formula is C16H16BrFN2O2. The summed E-state index contributed by atoms with van der Waals surface area (Å²) in [4.78, 5) is 9.59. The maximum Gasteiger partial charge on any atom is 0.143 e. The molecule has 0 radical (unpaired) electrons. The van der Waals surface area contributed by atoms with Crippen molar-refractivity contribution in [1.82, 2.24) is 4.98 Å². The van der Waals surface area contributed by atoms with Crippen LogP contribution in [0.5, 0.6) is 5.75 Å². The SMILES string of the molecule is CC(C)(C)O/N=C(/c1ccc(F)c(Br)c1)c1ncccc1O. The fourth-order valence-corrected chi connectivity index (χ4v) is 2.02. The van der Waals surface area contributed by atoms with E-state index >= 15 is 0 Å². The quantitative estimate of drug-likeness (QED) is 0.652. The van der Waals surface area contributed by atoms with Crippen molar-refractivity contribution in [2.75, 3.05) is 0 Å². The van der Waals surface area contributed by atoms with Gasteiger partial charge in [-0.1, -0.05) is 5.16 Å². The molecule has 1 aromatic carbocycles. The Morgan fingerprint density at radius 3 is 2.64 bits per heavy atom. The minimum Gasteiger partial charge on any atom is -0.506 e. The zero-order valence-electron chi connectivity index (χ0n) is 12.5. The molecule has 1 N–H and O–H groups in total. The lowest BCUT2D eigenvalue weighted by Gasteiger charge is -2.17. The van der Waals surface area contributed by atoms with Gasteiger partial charge in [0.05, 0.1) is 4.47 Å². The van der Waals surface area contributed by atoms with Gasteiger partial charge in [0, 0.05) is 11.8 Å². The number of oxime groups is 1. The lowest BCUT2D eigenvalue weighted by Crippen LogP contribution is -2.18. The van der Waals surface area contributed by atoms with Crippen molar-refractivity contribution in [3.05, 3.63) is 58.1 Å². The average molecular weight is 367 g/mol. The molecule has 0 bridgehead atoms. The summed E-state index contributed by atoms with van der Waals surface area (Å²) >= 11 is 3.14. The molecule has 0 aliphatic rings. The first kappa shape index (κ1) is 16.4. The maximum atomic E-state index is 13.4. The van der Waals surface area contributed by atoms with Gasteiger partial charge in [-0.25, -0.2) is 4.39 Å². The predicted molar refractivity (Wildman–Crippen MR) is 86.5 cm³/mol. The standard InChI is InChI=1S/C16H16BrFN2O2/c1-16(2,3)22-20-14(15-13(21)5-4-8-19-15)10-6-7-12(18)11(17)9-10/h4-9,21H,1-3H3/b20-14-. The smallest absolute Gasteiger partial charge is 0.143 e. The second-order valence-electron chi connectivity index (χ2n) is 5.64. The van der Waals surface area contributed by atoms with Crippen LogP contribution in [0.15, 0.2) is 46.2 Å². The fraction of sp³-hybridized carbons (Fsp3) is 0.250. The number of rotatable bonds is 3. The highest BCUT2D eigenvalue weighted by molar-refractivity contribution is 9.10. The Hall–Kier alpha value is -1.95. The summed E-state index contributed by atoms with van der Waals surface area (Å²) in [5.41, 5.74) is 0.665. The normalized spacial score (nSPS) is 12.3. The van der Waals surface area contributed by atoms with Crippen molar-refractivity contribution in [2.24, 2.45) is 5.16 Å². The molecule has 1 heterocycles. The molecule has 0 atom stereocenters. The molecule has 2 aromatic rings. The largest absolute Gasteiger partial charge is 0.506 e. The van der Waals surface area contributed by atoms with Gasteiger partial charge in [-0.2, -0.15) is 0 Å². The molecule has 0 saturated carbocycles. The van der Waals surface area contributed by atoms with Gasteiger partial charge in [-0.05, 0) is 67.0 Å². The number of benzene rings is 1. The van der Waals surface area contributed by atoms with Crippen LogP contribution in [0.1, 0.15) is 32.0 Å². The molecule has 0 fully saturated rings. The summed E-state index contributed by atoms with van der Waals surface area (Å²) in [7, 11) is 0.